The van der Waals surface area contributed by atoms with Gasteiger partial charge in [0.2, 0.25) is 0 Å². The van der Waals surface area contributed by atoms with Gasteiger partial charge in [0, 0.05) is 12.6 Å². The van der Waals surface area contributed by atoms with E-state index in [1.807, 2.05) is 42.3 Å². The normalized spacial score (nSPS) is 18.0. The molecule has 18 heavy (non-hydrogen) atoms. The second-order valence-corrected chi connectivity index (χ2v) is 4.82. The number of hydrogen-bond acceptors (Lipinski definition) is 1. The molecule has 0 saturated heterocycles. The highest BCUT2D eigenvalue weighted by Gasteiger charge is 2.34. The van der Waals surface area contributed by atoms with Crippen molar-refractivity contribution < 1.29 is 4.79 Å². The predicted molar refractivity (Wildman–Crippen MR) is 71.6 cm³/mol. The third-order valence-electron chi connectivity index (χ3n) is 3.56. The van der Waals surface area contributed by atoms with Gasteiger partial charge in [-0.3, -0.25) is 4.79 Å². The fourth-order valence-corrected chi connectivity index (χ4v) is 2.66. The topological polar surface area (TPSA) is 20.3 Å². The van der Waals surface area contributed by atoms with Gasteiger partial charge in [-0.15, -0.1) is 0 Å². The summed E-state index contributed by atoms with van der Waals surface area (Å²) in [5.74, 6) is 0.110. The van der Waals surface area contributed by atoms with Gasteiger partial charge < -0.3 is 4.90 Å². The molecule has 2 aromatic rings. The van der Waals surface area contributed by atoms with Gasteiger partial charge in [0.1, 0.15) is 0 Å². The van der Waals surface area contributed by atoms with Crippen molar-refractivity contribution in [3.05, 3.63) is 70.8 Å². The minimum Gasteiger partial charge on any atom is -0.331 e. The lowest BCUT2D eigenvalue weighted by atomic mass is 9.96. The van der Waals surface area contributed by atoms with E-state index in [2.05, 4.69) is 25.1 Å². The van der Waals surface area contributed by atoms with E-state index in [-0.39, 0.29) is 11.9 Å². The summed E-state index contributed by atoms with van der Waals surface area (Å²) >= 11 is 0. The van der Waals surface area contributed by atoms with Crippen molar-refractivity contribution >= 4 is 5.91 Å². The molecule has 0 radical (unpaired) electrons. The Morgan fingerprint density at radius 2 is 1.78 bits per heavy atom. The van der Waals surface area contributed by atoms with Gasteiger partial charge in [0.25, 0.3) is 5.91 Å². The summed E-state index contributed by atoms with van der Waals surface area (Å²) in [6, 6.07) is 16.3. The molecule has 90 valence electrons. The van der Waals surface area contributed by atoms with Crippen LogP contribution >= 0.6 is 0 Å². The van der Waals surface area contributed by atoms with E-state index in [0.29, 0.717) is 0 Å². The Morgan fingerprint density at radius 1 is 1.06 bits per heavy atom. The van der Waals surface area contributed by atoms with Crippen LogP contribution in [0.5, 0.6) is 0 Å². The average molecular weight is 237 g/mol. The molecule has 2 aromatic carbocycles. The van der Waals surface area contributed by atoms with Crippen molar-refractivity contribution in [3.8, 4) is 0 Å². The van der Waals surface area contributed by atoms with Crippen LogP contribution in [0.25, 0.3) is 0 Å². The Morgan fingerprint density at radius 3 is 2.50 bits per heavy atom. The number of carbonyl (C=O) groups is 1. The first-order valence-corrected chi connectivity index (χ1v) is 6.11. The van der Waals surface area contributed by atoms with E-state index >= 15 is 0 Å². The standard InChI is InChI=1S/C16H15NO/c1-11-8-9-13-14(10-11)15(17(2)16(13)18)12-6-4-3-5-7-12/h3-10,15H,1-2H3. The first-order chi connectivity index (χ1) is 8.68. The Labute approximate surface area is 107 Å². The van der Waals surface area contributed by atoms with Gasteiger partial charge in [-0.1, -0.05) is 48.0 Å². The highest BCUT2D eigenvalue weighted by molar-refractivity contribution is 5.99. The predicted octanol–water partition coefficient (Wildman–Crippen LogP) is 3.17. The van der Waals surface area contributed by atoms with Crippen molar-refractivity contribution in [1.82, 2.24) is 4.90 Å². The van der Waals surface area contributed by atoms with Crippen LogP contribution in [-0.4, -0.2) is 17.9 Å². The number of nitrogens with zero attached hydrogens (tertiary/aromatic N) is 1. The highest BCUT2D eigenvalue weighted by Crippen LogP contribution is 2.37. The molecule has 1 atom stereocenters. The summed E-state index contributed by atoms with van der Waals surface area (Å²) in [7, 11) is 1.87. The SMILES string of the molecule is Cc1ccc2c(c1)C(c1ccccc1)N(C)C2=O. The molecule has 0 saturated carbocycles. The van der Waals surface area contributed by atoms with Crippen LogP contribution in [0.3, 0.4) is 0 Å². The summed E-state index contributed by atoms with van der Waals surface area (Å²) in [5, 5.41) is 0. The van der Waals surface area contributed by atoms with Gasteiger partial charge in [-0.25, -0.2) is 0 Å². The van der Waals surface area contributed by atoms with Gasteiger partial charge >= 0.3 is 0 Å². The van der Waals surface area contributed by atoms with Crippen LogP contribution in [0, 0.1) is 6.92 Å². The van der Waals surface area contributed by atoms with Crippen LogP contribution in [0.1, 0.15) is 33.1 Å². The molecule has 3 rings (SSSR count). The third-order valence-corrected chi connectivity index (χ3v) is 3.56. The van der Waals surface area contributed by atoms with Gasteiger partial charge in [0.05, 0.1) is 6.04 Å². The number of rotatable bonds is 1. The molecule has 2 heteroatoms. The lowest BCUT2D eigenvalue weighted by molar-refractivity contribution is 0.0793. The molecule has 0 aliphatic carbocycles. The largest absolute Gasteiger partial charge is 0.331 e. The lowest BCUT2D eigenvalue weighted by Crippen LogP contribution is -2.23. The lowest BCUT2D eigenvalue weighted by Gasteiger charge is -2.21. The third kappa shape index (κ3) is 1.53. The number of fused-ring (bicyclic) bond motifs is 1. The summed E-state index contributed by atoms with van der Waals surface area (Å²) in [6.45, 7) is 2.06. The summed E-state index contributed by atoms with van der Waals surface area (Å²) < 4.78 is 0. The van der Waals surface area contributed by atoms with E-state index in [1.54, 1.807) is 0 Å². The molecular weight excluding hydrogens is 222 g/mol. The Hall–Kier alpha value is -2.09. The van der Waals surface area contributed by atoms with Crippen molar-refractivity contribution in [2.24, 2.45) is 0 Å². The number of benzene rings is 2. The molecule has 1 amide bonds. The molecule has 1 heterocycles. The van der Waals surface area contributed by atoms with Crippen LogP contribution in [0.4, 0.5) is 0 Å². The minimum atomic E-state index is 0.0496. The van der Waals surface area contributed by atoms with Crippen molar-refractivity contribution in [1.29, 1.82) is 0 Å². The van der Waals surface area contributed by atoms with Crippen LogP contribution < -0.4 is 0 Å². The highest BCUT2D eigenvalue weighted by atomic mass is 16.2. The summed E-state index contributed by atoms with van der Waals surface area (Å²) in [6.07, 6.45) is 0. The summed E-state index contributed by atoms with van der Waals surface area (Å²) in [5.41, 5.74) is 4.31. The smallest absolute Gasteiger partial charge is 0.254 e. The van der Waals surface area contributed by atoms with Crippen LogP contribution in [0.15, 0.2) is 48.5 Å². The van der Waals surface area contributed by atoms with Crippen molar-refractivity contribution in [2.75, 3.05) is 7.05 Å². The molecule has 2 nitrogen and oxygen atoms in total. The van der Waals surface area contributed by atoms with E-state index in [4.69, 9.17) is 0 Å². The maximum absolute atomic E-state index is 12.2. The average Bonchev–Trinajstić information content (AvgIpc) is 2.63. The zero-order chi connectivity index (χ0) is 12.7. The molecule has 1 unspecified atom stereocenters. The quantitative estimate of drug-likeness (QED) is 0.746. The van der Waals surface area contributed by atoms with E-state index < -0.39 is 0 Å². The van der Waals surface area contributed by atoms with Crippen LogP contribution in [0.2, 0.25) is 0 Å². The Kier molecular flexibility index (Phi) is 2.44. The van der Waals surface area contributed by atoms with E-state index in [0.717, 1.165) is 16.7 Å². The monoisotopic (exact) mass is 237 g/mol. The number of hydrogen-bond donors (Lipinski definition) is 0. The first-order valence-electron chi connectivity index (χ1n) is 6.11. The maximum atomic E-state index is 12.2. The van der Waals surface area contributed by atoms with Gasteiger partial charge in [-0.2, -0.15) is 0 Å². The molecule has 0 aromatic heterocycles. The first kappa shape index (κ1) is 11.0. The van der Waals surface area contributed by atoms with Crippen LogP contribution in [-0.2, 0) is 0 Å². The van der Waals surface area contributed by atoms with Gasteiger partial charge in [0.15, 0.2) is 0 Å². The molecular formula is C16H15NO. The molecule has 0 N–H and O–H groups in total. The molecule has 0 spiro atoms. The Balaban J connectivity index is 2.18. The maximum Gasteiger partial charge on any atom is 0.254 e. The number of aryl methyl sites for hydroxylation is 1. The van der Waals surface area contributed by atoms with E-state index in [9.17, 15) is 4.79 Å². The number of amides is 1. The fourth-order valence-electron chi connectivity index (χ4n) is 2.66. The number of carbonyl (C=O) groups excluding carboxylic acids is 1. The summed E-state index contributed by atoms with van der Waals surface area (Å²) in [4.78, 5) is 14.0. The van der Waals surface area contributed by atoms with Gasteiger partial charge in [-0.05, 0) is 24.1 Å². The van der Waals surface area contributed by atoms with Crippen molar-refractivity contribution in [2.45, 2.75) is 13.0 Å². The van der Waals surface area contributed by atoms with E-state index in [1.165, 1.54) is 5.56 Å². The molecule has 1 aliphatic heterocycles. The molecule has 1 aliphatic rings. The second kappa shape index (κ2) is 3.98. The fraction of sp³-hybridized carbons (Fsp3) is 0.188. The molecule has 0 bridgehead atoms. The minimum absolute atomic E-state index is 0.0496. The second-order valence-electron chi connectivity index (χ2n) is 4.82. The molecule has 0 fully saturated rings. The zero-order valence-electron chi connectivity index (χ0n) is 10.6. The Bertz CT molecular complexity index is 604. The van der Waals surface area contributed by atoms with Crippen molar-refractivity contribution in [3.63, 3.8) is 0 Å². The zero-order valence-corrected chi connectivity index (χ0v) is 10.6.